The van der Waals surface area contributed by atoms with Gasteiger partial charge in [0, 0.05) is 7.05 Å². The first-order chi connectivity index (χ1) is 6.72. The molecule has 0 unspecified atom stereocenters. The minimum Gasteiger partial charge on any atom is -0.330 e. The van der Waals surface area contributed by atoms with E-state index in [4.69, 9.17) is 5.73 Å². The van der Waals surface area contributed by atoms with E-state index >= 15 is 0 Å². The number of fused-ring (bicyclic) bond motifs is 1. The van der Waals surface area contributed by atoms with Crippen LogP contribution in [0.2, 0.25) is 0 Å². The SMILES string of the molecule is Cn1c(=O)sc2cc(CCN)ccc21. The molecule has 0 fully saturated rings. The topological polar surface area (TPSA) is 48.0 Å². The fourth-order valence-electron chi connectivity index (χ4n) is 1.50. The highest BCUT2D eigenvalue weighted by Crippen LogP contribution is 2.18. The van der Waals surface area contributed by atoms with Crippen LogP contribution in [0.15, 0.2) is 23.0 Å². The van der Waals surface area contributed by atoms with Gasteiger partial charge in [-0.3, -0.25) is 4.79 Å². The fourth-order valence-corrected chi connectivity index (χ4v) is 2.44. The summed E-state index contributed by atoms with van der Waals surface area (Å²) in [5.74, 6) is 0. The standard InChI is InChI=1S/C10H12N2OS/c1-12-8-3-2-7(4-5-11)6-9(8)14-10(12)13/h2-3,6H,4-5,11H2,1H3. The Balaban J connectivity index is 2.61. The van der Waals surface area contributed by atoms with Crippen LogP contribution < -0.4 is 10.6 Å². The number of nitrogens with two attached hydrogens (primary N) is 1. The van der Waals surface area contributed by atoms with Crippen LogP contribution in [0.4, 0.5) is 0 Å². The van der Waals surface area contributed by atoms with Gasteiger partial charge in [-0.05, 0) is 30.7 Å². The van der Waals surface area contributed by atoms with Crippen LogP contribution in [-0.4, -0.2) is 11.1 Å². The summed E-state index contributed by atoms with van der Waals surface area (Å²) in [4.78, 5) is 11.5. The second-order valence-corrected chi connectivity index (χ2v) is 4.26. The number of aryl methyl sites for hydroxylation is 1. The third-order valence-corrected chi connectivity index (χ3v) is 3.29. The van der Waals surface area contributed by atoms with E-state index in [0.717, 1.165) is 16.6 Å². The Labute approximate surface area is 85.8 Å². The summed E-state index contributed by atoms with van der Waals surface area (Å²) in [6.45, 7) is 0.646. The van der Waals surface area contributed by atoms with Crippen LogP contribution in [0.25, 0.3) is 10.2 Å². The van der Waals surface area contributed by atoms with Gasteiger partial charge in [0.15, 0.2) is 0 Å². The van der Waals surface area contributed by atoms with Crippen LogP contribution in [0, 0.1) is 0 Å². The van der Waals surface area contributed by atoms with Gasteiger partial charge in [-0.15, -0.1) is 0 Å². The summed E-state index contributed by atoms with van der Waals surface area (Å²) in [5, 5.41) is 0. The number of hydrogen-bond acceptors (Lipinski definition) is 3. The summed E-state index contributed by atoms with van der Waals surface area (Å²) < 4.78 is 2.72. The lowest BCUT2D eigenvalue weighted by Crippen LogP contribution is -2.06. The van der Waals surface area contributed by atoms with Crippen LogP contribution in [0.1, 0.15) is 5.56 Å². The van der Waals surface area contributed by atoms with E-state index in [0.29, 0.717) is 6.54 Å². The Bertz CT molecular complexity index is 512. The van der Waals surface area contributed by atoms with Gasteiger partial charge in [-0.25, -0.2) is 0 Å². The highest BCUT2D eigenvalue weighted by atomic mass is 32.1. The van der Waals surface area contributed by atoms with Crippen LogP contribution in [0.5, 0.6) is 0 Å². The first-order valence-electron chi connectivity index (χ1n) is 4.51. The van der Waals surface area contributed by atoms with Gasteiger partial charge in [0.1, 0.15) is 0 Å². The number of thiazole rings is 1. The fraction of sp³-hybridized carbons (Fsp3) is 0.300. The molecule has 1 aromatic heterocycles. The predicted octanol–water partition coefficient (Wildman–Crippen LogP) is 1.10. The summed E-state index contributed by atoms with van der Waals surface area (Å²) in [7, 11) is 1.80. The highest BCUT2D eigenvalue weighted by Gasteiger charge is 2.03. The molecular formula is C10H12N2OS. The molecule has 0 amide bonds. The minimum absolute atomic E-state index is 0.0879. The van der Waals surface area contributed by atoms with E-state index in [1.807, 2.05) is 18.2 Å². The Kier molecular flexibility index (Phi) is 2.39. The van der Waals surface area contributed by atoms with Gasteiger partial charge in [0.05, 0.1) is 10.2 Å². The number of rotatable bonds is 2. The van der Waals surface area contributed by atoms with Crippen LogP contribution >= 0.6 is 11.3 Å². The van der Waals surface area contributed by atoms with Crippen molar-refractivity contribution < 1.29 is 0 Å². The molecule has 0 saturated carbocycles. The molecule has 4 heteroatoms. The zero-order chi connectivity index (χ0) is 10.1. The van der Waals surface area contributed by atoms with Crippen molar-refractivity contribution in [1.82, 2.24) is 4.57 Å². The van der Waals surface area contributed by atoms with Gasteiger partial charge < -0.3 is 10.3 Å². The van der Waals surface area contributed by atoms with Crippen molar-refractivity contribution in [1.29, 1.82) is 0 Å². The van der Waals surface area contributed by atoms with E-state index in [1.165, 1.54) is 16.9 Å². The summed E-state index contributed by atoms with van der Waals surface area (Å²) in [6, 6.07) is 6.06. The smallest absolute Gasteiger partial charge is 0.307 e. The molecule has 2 rings (SSSR count). The average molecular weight is 208 g/mol. The van der Waals surface area contributed by atoms with Crippen molar-refractivity contribution in [3.63, 3.8) is 0 Å². The molecule has 0 saturated heterocycles. The monoisotopic (exact) mass is 208 g/mol. The normalized spacial score (nSPS) is 11.0. The van der Waals surface area contributed by atoms with Crippen molar-refractivity contribution >= 4 is 21.6 Å². The third-order valence-electron chi connectivity index (χ3n) is 2.29. The zero-order valence-corrected chi connectivity index (χ0v) is 8.80. The summed E-state index contributed by atoms with van der Waals surface area (Å²) in [5.41, 5.74) is 7.67. The Morgan fingerprint density at radius 2 is 2.29 bits per heavy atom. The molecule has 2 aromatic rings. The molecule has 0 bridgehead atoms. The van der Waals surface area contributed by atoms with E-state index in [9.17, 15) is 4.79 Å². The van der Waals surface area contributed by atoms with E-state index in [-0.39, 0.29) is 4.87 Å². The van der Waals surface area contributed by atoms with E-state index in [1.54, 1.807) is 11.6 Å². The summed E-state index contributed by atoms with van der Waals surface area (Å²) >= 11 is 1.29. The predicted molar refractivity (Wildman–Crippen MR) is 59.8 cm³/mol. The number of benzene rings is 1. The molecule has 74 valence electrons. The van der Waals surface area contributed by atoms with Gasteiger partial charge in [0.25, 0.3) is 0 Å². The van der Waals surface area contributed by atoms with Crippen molar-refractivity contribution in [3.8, 4) is 0 Å². The molecule has 0 spiro atoms. The van der Waals surface area contributed by atoms with Crippen molar-refractivity contribution in [2.45, 2.75) is 6.42 Å². The first-order valence-corrected chi connectivity index (χ1v) is 5.32. The third kappa shape index (κ3) is 1.47. The minimum atomic E-state index is 0.0879. The maximum absolute atomic E-state index is 11.4. The van der Waals surface area contributed by atoms with Crippen LogP contribution in [0.3, 0.4) is 0 Å². The zero-order valence-electron chi connectivity index (χ0n) is 7.99. The molecular weight excluding hydrogens is 196 g/mol. The lowest BCUT2D eigenvalue weighted by Gasteiger charge is -1.98. The van der Waals surface area contributed by atoms with E-state index < -0.39 is 0 Å². The molecule has 1 aromatic carbocycles. The molecule has 0 atom stereocenters. The molecule has 14 heavy (non-hydrogen) atoms. The van der Waals surface area contributed by atoms with Crippen LogP contribution in [-0.2, 0) is 13.5 Å². The van der Waals surface area contributed by atoms with E-state index in [2.05, 4.69) is 0 Å². The average Bonchev–Trinajstić information content (AvgIpc) is 2.43. The molecule has 0 aliphatic carbocycles. The van der Waals surface area contributed by atoms with Gasteiger partial charge in [-0.2, -0.15) is 0 Å². The molecule has 0 aliphatic rings. The van der Waals surface area contributed by atoms with Crippen molar-refractivity contribution in [3.05, 3.63) is 33.4 Å². The molecule has 0 aliphatic heterocycles. The Morgan fingerprint density at radius 1 is 1.50 bits per heavy atom. The maximum atomic E-state index is 11.4. The molecule has 2 N–H and O–H groups in total. The first kappa shape index (κ1) is 9.43. The molecule has 3 nitrogen and oxygen atoms in total. The Hall–Kier alpha value is -1.13. The quantitative estimate of drug-likeness (QED) is 0.803. The van der Waals surface area contributed by atoms with Gasteiger partial charge >= 0.3 is 4.87 Å². The van der Waals surface area contributed by atoms with Gasteiger partial charge in [0.2, 0.25) is 0 Å². The number of nitrogens with zero attached hydrogens (tertiary/aromatic N) is 1. The number of hydrogen-bond donors (Lipinski definition) is 1. The number of aromatic nitrogens is 1. The van der Waals surface area contributed by atoms with Crippen molar-refractivity contribution in [2.75, 3.05) is 6.54 Å². The molecule has 1 heterocycles. The highest BCUT2D eigenvalue weighted by molar-refractivity contribution is 7.16. The van der Waals surface area contributed by atoms with Gasteiger partial charge in [-0.1, -0.05) is 17.4 Å². The second kappa shape index (κ2) is 3.55. The molecule has 0 radical (unpaired) electrons. The van der Waals surface area contributed by atoms with Crippen molar-refractivity contribution in [2.24, 2.45) is 12.8 Å². The summed E-state index contributed by atoms with van der Waals surface area (Å²) in [6.07, 6.45) is 0.867. The lowest BCUT2D eigenvalue weighted by molar-refractivity contribution is 0.936. The largest absolute Gasteiger partial charge is 0.330 e. The lowest BCUT2D eigenvalue weighted by atomic mass is 10.1. The second-order valence-electron chi connectivity index (χ2n) is 3.27. The maximum Gasteiger partial charge on any atom is 0.307 e. The Morgan fingerprint density at radius 3 is 3.00 bits per heavy atom.